The number of methoxy groups -OCH3 is 2. The lowest BCUT2D eigenvalue weighted by Gasteiger charge is -2.23. The van der Waals surface area contributed by atoms with Crippen molar-refractivity contribution in [2.75, 3.05) is 14.2 Å². The highest BCUT2D eigenvalue weighted by Gasteiger charge is 2.47. The topological polar surface area (TPSA) is 161 Å². The number of aromatic nitrogens is 6. The molecule has 48 heavy (non-hydrogen) atoms. The van der Waals surface area contributed by atoms with Crippen molar-refractivity contribution < 1.29 is 19.1 Å². The molecule has 2 aliphatic heterocycles. The zero-order chi connectivity index (χ0) is 33.9. The van der Waals surface area contributed by atoms with Crippen LogP contribution >= 0.6 is 0 Å². The molecule has 0 radical (unpaired) electrons. The number of nitrogens with zero attached hydrogens (tertiary/aromatic N) is 7. The van der Waals surface area contributed by atoms with Gasteiger partial charge in [-0.05, 0) is 75.6 Å². The van der Waals surface area contributed by atoms with Crippen molar-refractivity contribution >= 4 is 28.5 Å². The van der Waals surface area contributed by atoms with Crippen LogP contribution < -0.4 is 20.9 Å². The third-order valence-corrected chi connectivity index (χ3v) is 9.99. The van der Waals surface area contributed by atoms with E-state index in [0.29, 0.717) is 22.9 Å². The molecule has 2 amide bonds. The molecule has 2 unspecified atom stereocenters. The molecule has 252 valence electrons. The number of amides is 2. The molecule has 13 heteroatoms. The predicted molar refractivity (Wildman–Crippen MR) is 181 cm³/mol. The normalized spacial score (nSPS) is 20.0. The fourth-order valence-corrected chi connectivity index (χ4v) is 7.38. The smallest absolute Gasteiger partial charge is 0.255 e. The molecule has 8 rings (SSSR count). The summed E-state index contributed by atoms with van der Waals surface area (Å²) in [5.74, 6) is 1.07. The van der Waals surface area contributed by atoms with Gasteiger partial charge in [-0.15, -0.1) is 5.10 Å². The molecular formula is C35H43N9O4. The second kappa shape index (κ2) is 12.3. The summed E-state index contributed by atoms with van der Waals surface area (Å²) >= 11 is 0. The largest absolute Gasteiger partial charge is 0.482 e. The maximum absolute atomic E-state index is 13.7. The third kappa shape index (κ3) is 5.45. The zero-order valence-corrected chi connectivity index (χ0v) is 28.1. The molecule has 7 heterocycles. The van der Waals surface area contributed by atoms with E-state index >= 15 is 0 Å². The number of fused-ring (bicyclic) bond motifs is 4. The predicted octanol–water partition coefficient (Wildman–Crippen LogP) is 3.87. The van der Waals surface area contributed by atoms with E-state index in [1.807, 2.05) is 21.4 Å². The molecule has 5 aromatic heterocycles. The standard InChI is InChI=1S/C29H34N6O2.C6H9N3O2/c1-4-20-8-7-18-11-24(33(28(18)31-20)15-17-5-6-17)27-16(2)34-25(32-27)12-19(13-26(34)37-3)29(36)35-21-9-10-23(35)22(30)14-21;1-9-3-4(5(7)10)6(8-9)11-2/h7-8,11-13,17,21-23H,4-6,9-10,14-15,30H2,1-3H3;3H,1-2H3,(H2,7,10)/t21?,22?,23-;/m1./s1. The van der Waals surface area contributed by atoms with Crippen molar-refractivity contribution in [3.8, 4) is 23.1 Å². The van der Waals surface area contributed by atoms with E-state index in [2.05, 4.69) is 41.7 Å². The third-order valence-electron chi connectivity index (χ3n) is 9.99. The Labute approximate surface area is 278 Å². The van der Waals surface area contributed by atoms with Crippen LogP contribution in [0, 0.1) is 12.8 Å². The number of ether oxygens (including phenoxy) is 2. The molecule has 3 fully saturated rings. The molecule has 2 bridgehead atoms. The Morgan fingerprint density at radius 2 is 1.83 bits per heavy atom. The lowest BCUT2D eigenvalue weighted by molar-refractivity contribution is 0.0725. The molecule has 0 spiro atoms. The SMILES string of the molecule is CCc1ccc2cc(-c3nc4cc(C(=O)N5C6CC[C@@H]5C(N)C6)cc(OC)n4c3C)n(CC3CC3)c2n1.COc1nn(C)cc1C(N)=O. The number of carbonyl (C=O) groups is 2. The Kier molecular flexibility index (Phi) is 8.10. The first-order chi connectivity index (χ1) is 23.1. The van der Waals surface area contributed by atoms with Gasteiger partial charge in [0, 0.05) is 60.6 Å². The van der Waals surface area contributed by atoms with Crippen LogP contribution in [0.3, 0.4) is 0 Å². The average Bonchev–Trinajstić information content (AvgIpc) is 3.36. The van der Waals surface area contributed by atoms with Crippen molar-refractivity contribution in [3.63, 3.8) is 0 Å². The van der Waals surface area contributed by atoms with E-state index < -0.39 is 5.91 Å². The van der Waals surface area contributed by atoms with Crippen molar-refractivity contribution in [1.82, 2.24) is 33.6 Å². The van der Waals surface area contributed by atoms with Crippen LogP contribution in [-0.2, 0) is 20.0 Å². The number of rotatable bonds is 8. The first-order valence-electron chi connectivity index (χ1n) is 16.6. The number of hydrogen-bond acceptors (Lipinski definition) is 8. The van der Waals surface area contributed by atoms with E-state index in [0.717, 1.165) is 71.7 Å². The van der Waals surface area contributed by atoms with Gasteiger partial charge >= 0.3 is 0 Å². The maximum atomic E-state index is 13.7. The fourth-order valence-electron chi connectivity index (χ4n) is 7.38. The summed E-state index contributed by atoms with van der Waals surface area (Å²) in [6.07, 6.45) is 7.86. The first kappa shape index (κ1) is 31.7. The molecule has 0 aromatic carbocycles. The summed E-state index contributed by atoms with van der Waals surface area (Å²) in [5.41, 5.74) is 18.1. The highest BCUT2D eigenvalue weighted by atomic mass is 16.5. The molecule has 1 saturated carbocycles. The number of imidazole rings is 1. The van der Waals surface area contributed by atoms with Crippen LogP contribution in [0.1, 0.15) is 71.1 Å². The summed E-state index contributed by atoms with van der Waals surface area (Å²) in [6.45, 7) is 5.16. The van der Waals surface area contributed by atoms with E-state index in [-0.39, 0.29) is 29.9 Å². The second-order valence-electron chi connectivity index (χ2n) is 13.2. The van der Waals surface area contributed by atoms with Gasteiger partial charge in [-0.1, -0.05) is 6.92 Å². The number of nitrogens with two attached hydrogens (primary N) is 2. The number of primary amides is 1. The number of pyridine rings is 2. The molecule has 13 nitrogen and oxygen atoms in total. The van der Waals surface area contributed by atoms with Gasteiger partial charge in [-0.25, -0.2) is 9.97 Å². The quantitative estimate of drug-likeness (QED) is 0.255. The summed E-state index contributed by atoms with van der Waals surface area (Å²) in [5, 5.41) is 4.98. The molecule has 5 aromatic rings. The Bertz CT molecular complexity index is 2040. The fraction of sp³-hybridized carbons (Fsp3) is 0.457. The Balaban J connectivity index is 0.000000284. The van der Waals surface area contributed by atoms with Crippen LogP contribution in [-0.4, -0.2) is 77.8 Å². The van der Waals surface area contributed by atoms with Gasteiger partial charge in [0.05, 0.1) is 25.6 Å². The van der Waals surface area contributed by atoms with Crippen LogP contribution in [0.4, 0.5) is 0 Å². The van der Waals surface area contributed by atoms with Crippen LogP contribution in [0.15, 0.2) is 36.5 Å². The minimum Gasteiger partial charge on any atom is -0.482 e. The lowest BCUT2D eigenvalue weighted by Crippen LogP contribution is -2.40. The van der Waals surface area contributed by atoms with Gasteiger partial charge in [0.25, 0.3) is 11.8 Å². The zero-order valence-electron chi connectivity index (χ0n) is 28.1. The van der Waals surface area contributed by atoms with Gasteiger partial charge in [0.15, 0.2) is 5.88 Å². The minimum atomic E-state index is -0.532. The Morgan fingerprint density at radius 3 is 2.44 bits per heavy atom. The van der Waals surface area contributed by atoms with E-state index in [4.69, 9.17) is 30.9 Å². The van der Waals surface area contributed by atoms with Crippen molar-refractivity contribution in [2.45, 2.75) is 77.0 Å². The van der Waals surface area contributed by atoms with E-state index in [1.165, 1.54) is 30.8 Å². The van der Waals surface area contributed by atoms with Gasteiger partial charge in [-0.2, -0.15) is 0 Å². The van der Waals surface area contributed by atoms with Gasteiger partial charge in [0.1, 0.15) is 22.6 Å². The number of carbonyl (C=O) groups excluding carboxylic acids is 2. The van der Waals surface area contributed by atoms with E-state index in [9.17, 15) is 9.59 Å². The van der Waals surface area contributed by atoms with Crippen LogP contribution in [0.5, 0.6) is 11.8 Å². The Morgan fingerprint density at radius 1 is 1.04 bits per heavy atom. The summed E-state index contributed by atoms with van der Waals surface area (Å²) in [7, 11) is 4.78. The lowest BCUT2D eigenvalue weighted by atomic mass is 9.97. The van der Waals surface area contributed by atoms with E-state index in [1.54, 1.807) is 14.2 Å². The second-order valence-corrected chi connectivity index (χ2v) is 13.2. The van der Waals surface area contributed by atoms with Crippen molar-refractivity contribution in [3.05, 3.63) is 59.0 Å². The average molecular weight is 654 g/mol. The minimum absolute atomic E-state index is 0.0302. The molecule has 3 atom stereocenters. The number of hydrogen-bond donors (Lipinski definition) is 2. The number of aryl methyl sites for hydroxylation is 3. The van der Waals surface area contributed by atoms with Crippen molar-refractivity contribution in [1.29, 1.82) is 0 Å². The monoisotopic (exact) mass is 653 g/mol. The molecule has 1 aliphatic carbocycles. The molecule has 4 N–H and O–H groups in total. The Hall–Kier alpha value is -4.91. The van der Waals surface area contributed by atoms with Gasteiger partial charge in [-0.3, -0.25) is 18.7 Å². The molecule has 3 aliphatic rings. The molecular weight excluding hydrogens is 610 g/mol. The molecule has 2 saturated heterocycles. The summed E-state index contributed by atoms with van der Waals surface area (Å²) in [4.78, 5) is 36.4. The van der Waals surface area contributed by atoms with Crippen LogP contribution in [0.25, 0.3) is 28.1 Å². The highest BCUT2D eigenvalue weighted by molar-refractivity contribution is 5.97. The van der Waals surface area contributed by atoms with Crippen LogP contribution in [0.2, 0.25) is 0 Å². The van der Waals surface area contributed by atoms with Gasteiger partial charge in [0.2, 0.25) is 5.88 Å². The first-order valence-corrected chi connectivity index (χ1v) is 16.6. The van der Waals surface area contributed by atoms with Crippen molar-refractivity contribution in [2.24, 2.45) is 24.4 Å². The highest BCUT2D eigenvalue weighted by Crippen LogP contribution is 2.40. The van der Waals surface area contributed by atoms with Gasteiger partial charge < -0.3 is 30.4 Å². The summed E-state index contributed by atoms with van der Waals surface area (Å²) < 4.78 is 16.4. The summed E-state index contributed by atoms with van der Waals surface area (Å²) in [6, 6.07) is 10.7. The maximum Gasteiger partial charge on any atom is 0.255 e.